The summed E-state index contributed by atoms with van der Waals surface area (Å²) >= 11 is 16.6. The molecule has 1 N–H and O–H groups in total. The van der Waals surface area contributed by atoms with Gasteiger partial charge < -0.3 is 0 Å². The van der Waals surface area contributed by atoms with Crippen LogP contribution < -0.4 is 0 Å². The van der Waals surface area contributed by atoms with E-state index in [0.29, 0.717) is 0 Å². The van der Waals surface area contributed by atoms with E-state index in [1.165, 1.54) is 6.07 Å². The van der Waals surface area contributed by atoms with E-state index in [1.54, 1.807) is 0 Å². The summed E-state index contributed by atoms with van der Waals surface area (Å²) in [5.74, 6) is 0. The van der Waals surface area contributed by atoms with Crippen LogP contribution in [-0.4, -0.2) is 42.5 Å². The first-order valence-corrected chi connectivity index (χ1v) is 5.52. The molecule has 1 aromatic carbocycles. The van der Waals surface area contributed by atoms with Gasteiger partial charge in [0.25, 0.3) is 10.1 Å². The molecule has 0 atom stereocenters. The van der Waals surface area contributed by atoms with Crippen molar-refractivity contribution in [2.75, 3.05) is 0 Å². The van der Waals surface area contributed by atoms with Crippen molar-refractivity contribution in [3.05, 3.63) is 27.2 Å². The van der Waals surface area contributed by atoms with Crippen molar-refractivity contribution >= 4 is 74.5 Å². The Hall–Kier alpha value is 1.000. The molecule has 1 aromatic rings. The molecule has 1 rings (SSSR count). The van der Waals surface area contributed by atoms with E-state index in [4.69, 9.17) is 39.4 Å². The molecular formula is C6H4Cl3NaO3S. The Morgan fingerprint density at radius 1 is 1.14 bits per heavy atom. The first kappa shape index (κ1) is 15.0. The van der Waals surface area contributed by atoms with Crippen molar-refractivity contribution < 1.29 is 13.0 Å². The van der Waals surface area contributed by atoms with Gasteiger partial charge in [0.05, 0.1) is 10.0 Å². The second-order valence-corrected chi connectivity index (χ2v) is 4.79. The predicted octanol–water partition coefficient (Wildman–Crippen LogP) is 2.24. The number of halogens is 3. The van der Waals surface area contributed by atoms with Crippen LogP contribution in [0.5, 0.6) is 0 Å². The van der Waals surface area contributed by atoms with Gasteiger partial charge in [-0.2, -0.15) is 8.42 Å². The monoisotopic (exact) mass is 284 g/mol. The first-order chi connectivity index (χ1) is 5.82. The summed E-state index contributed by atoms with van der Waals surface area (Å²) in [6.45, 7) is 0. The fourth-order valence-electron chi connectivity index (χ4n) is 0.720. The molecular weight excluding hydrogens is 281 g/mol. The van der Waals surface area contributed by atoms with Gasteiger partial charge in [-0.3, -0.25) is 4.55 Å². The van der Waals surface area contributed by atoms with Gasteiger partial charge in [-0.25, -0.2) is 0 Å². The Kier molecular flexibility index (Phi) is 5.75. The van der Waals surface area contributed by atoms with Gasteiger partial charge in [0.1, 0.15) is 4.90 Å². The minimum atomic E-state index is -4.38. The third-order valence-corrected chi connectivity index (χ3v) is 3.25. The van der Waals surface area contributed by atoms with Crippen molar-refractivity contribution in [1.29, 1.82) is 0 Å². The molecule has 0 unspecified atom stereocenters. The molecule has 0 aromatic heterocycles. The standard InChI is InChI=1S/C6H3Cl3O3S.Na.H/c7-3-1-4(8)6(9)5(2-3)13(10,11)12;;/h1-2H,(H,10,11,12);;. The van der Waals surface area contributed by atoms with Gasteiger partial charge in [0.15, 0.2) is 0 Å². The van der Waals surface area contributed by atoms with E-state index < -0.39 is 15.0 Å². The minimum absolute atomic E-state index is 0. The molecule has 0 radical (unpaired) electrons. The van der Waals surface area contributed by atoms with Crippen molar-refractivity contribution in [1.82, 2.24) is 0 Å². The van der Waals surface area contributed by atoms with Gasteiger partial charge in [-0.1, -0.05) is 34.8 Å². The van der Waals surface area contributed by atoms with Gasteiger partial charge >= 0.3 is 29.6 Å². The zero-order valence-corrected chi connectivity index (χ0v) is 9.04. The van der Waals surface area contributed by atoms with E-state index in [2.05, 4.69) is 0 Å². The van der Waals surface area contributed by atoms with Gasteiger partial charge in [0, 0.05) is 5.02 Å². The van der Waals surface area contributed by atoms with E-state index in [-0.39, 0.29) is 44.6 Å². The first-order valence-electron chi connectivity index (χ1n) is 2.94. The van der Waals surface area contributed by atoms with Crippen LogP contribution >= 0.6 is 34.8 Å². The predicted molar refractivity (Wildman–Crippen MR) is 58.4 cm³/mol. The van der Waals surface area contributed by atoms with E-state index in [0.717, 1.165) is 6.07 Å². The molecule has 0 fully saturated rings. The molecule has 0 saturated carbocycles. The van der Waals surface area contributed by atoms with Gasteiger partial charge in [0.2, 0.25) is 0 Å². The Morgan fingerprint density at radius 3 is 2.07 bits per heavy atom. The van der Waals surface area contributed by atoms with Crippen molar-refractivity contribution in [3.8, 4) is 0 Å². The molecule has 0 aliphatic rings. The second kappa shape index (κ2) is 5.37. The Balaban J connectivity index is 0.00000169. The SMILES string of the molecule is O=S(=O)(O)c1cc(Cl)cc(Cl)c1Cl.[NaH]. The summed E-state index contributed by atoms with van der Waals surface area (Å²) < 4.78 is 30.1. The summed E-state index contributed by atoms with van der Waals surface area (Å²) in [4.78, 5) is -0.494. The molecule has 0 aliphatic heterocycles. The zero-order valence-electron chi connectivity index (χ0n) is 5.96. The maximum atomic E-state index is 10.7. The van der Waals surface area contributed by atoms with E-state index in [9.17, 15) is 8.42 Å². The summed E-state index contributed by atoms with van der Waals surface area (Å²) in [5.41, 5.74) is 0. The molecule has 14 heavy (non-hydrogen) atoms. The van der Waals surface area contributed by atoms with Crippen LogP contribution in [0.3, 0.4) is 0 Å². The van der Waals surface area contributed by atoms with Crippen LogP contribution in [0.4, 0.5) is 0 Å². The third-order valence-electron chi connectivity index (χ3n) is 1.24. The summed E-state index contributed by atoms with van der Waals surface area (Å²) in [5, 5.41) is -0.183. The fraction of sp³-hybridized carbons (Fsp3) is 0. The molecule has 3 nitrogen and oxygen atoms in total. The topological polar surface area (TPSA) is 54.4 Å². The molecule has 0 aliphatic carbocycles. The van der Waals surface area contributed by atoms with Crippen LogP contribution in [0.1, 0.15) is 0 Å². The fourth-order valence-corrected chi connectivity index (χ4v) is 2.35. The summed E-state index contributed by atoms with van der Waals surface area (Å²) in [6, 6.07) is 2.30. The summed E-state index contributed by atoms with van der Waals surface area (Å²) in [7, 11) is -4.38. The van der Waals surface area contributed by atoms with Crippen molar-refractivity contribution in [2.24, 2.45) is 0 Å². The molecule has 0 spiro atoms. The van der Waals surface area contributed by atoms with Crippen LogP contribution in [0.15, 0.2) is 17.0 Å². The molecule has 8 heteroatoms. The normalized spacial score (nSPS) is 10.9. The third kappa shape index (κ3) is 3.54. The van der Waals surface area contributed by atoms with Crippen LogP contribution in [0.2, 0.25) is 15.1 Å². The Morgan fingerprint density at radius 2 is 1.64 bits per heavy atom. The van der Waals surface area contributed by atoms with E-state index >= 15 is 0 Å². The van der Waals surface area contributed by atoms with E-state index in [1.807, 2.05) is 0 Å². The number of hydrogen-bond donors (Lipinski definition) is 1. The average molecular weight is 286 g/mol. The molecule has 0 bridgehead atoms. The average Bonchev–Trinajstić information content (AvgIpc) is 1.94. The number of hydrogen-bond acceptors (Lipinski definition) is 2. The molecule has 0 amide bonds. The van der Waals surface area contributed by atoms with Crippen LogP contribution in [0, 0.1) is 0 Å². The van der Waals surface area contributed by atoms with Gasteiger partial charge in [-0.15, -0.1) is 0 Å². The Labute approximate surface area is 118 Å². The van der Waals surface area contributed by atoms with Crippen molar-refractivity contribution in [3.63, 3.8) is 0 Å². The Bertz CT molecular complexity index is 446. The number of rotatable bonds is 1. The quantitative estimate of drug-likeness (QED) is 0.489. The van der Waals surface area contributed by atoms with Crippen molar-refractivity contribution in [2.45, 2.75) is 4.90 Å². The second-order valence-electron chi connectivity index (χ2n) is 2.17. The molecule has 74 valence electrons. The summed E-state index contributed by atoms with van der Waals surface area (Å²) in [6.07, 6.45) is 0. The zero-order chi connectivity index (χ0) is 10.2. The van der Waals surface area contributed by atoms with Gasteiger partial charge in [-0.05, 0) is 12.1 Å². The van der Waals surface area contributed by atoms with Crippen LogP contribution in [0.25, 0.3) is 0 Å². The number of benzene rings is 1. The van der Waals surface area contributed by atoms with Crippen LogP contribution in [-0.2, 0) is 10.1 Å². The molecule has 0 saturated heterocycles. The maximum absolute atomic E-state index is 10.7. The molecule has 0 heterocycles.